The number of anilines is 2. The van der Waals surface area contributed by atoms with E-state index in [9.17, 15) is 0 Å². The molecule has 1 aromatic carbocycles. The molecule has 0 radical (unpaired) electrons. The first-order valence-corrected chi connectivity index (χ1v) is 12.1. The molecule has 0 aliphatic heterocycles. The summed E-state index contributed by atoms with van der Waals surface area (Å²) in [5, 5.41) is 24.7. The van der Waals surface area contributed by atoms with E-state index < -0.39 is 0 Å². The van der Waals surface area contributed by atoms with Crippen LogP contribution in [0, 0.1) is 0 Å². The molecule has 146 valence electrons. The minimum atomic E-state index is 0.694. The molecule has 0 aliphatic rings. The van der Waals surface area contributed by atoms with Crippen LogP contribution in [0.25, 0.3) is 0 Å². The summed E-state index contributed by atoms with van der Waals surface area (Å²) in [7, 11) is 0. The van der Waals surface area contributed by atoms with Gasteiger partial charge in [-0.1, -0.05) is 82.6 Å². The van der Waals surface area contributed by atoms with Crippen molar-refractivity contribution in [3.63, 3.8) is 0 Å². The Hall–Kier alpha value is -1.88. The van der Waals surface area contributed by atoms with Gasteiger partial charge in [0, 0.05) is 24.6 Å². The third-order valence-electron chi connectivity index (χ3n) is 3.32. The van der Waals surface area contributed by atoms with Crippen LogP contribution in [0.5, 0.6) is 0 Å². The van der Waals surface area contributed by atoms with Gasteiger partial charge in [0.25, 0.3) is 0 Å². The van der Waals surface area contributed by atoms with Crippen molar-refractivity contribution in [3.8, 4) is 0 Å². The van der Waals surface area contributed by atoms with Gasteiger partial charge in [0.1, 0.15) is 0 Å². The van der Waals surface area contributed by atoms with Crippen LogP contribution in [0.4, 0.5) is 10.3 Å². The zero-order chi connectivity index (χ0) is 19.6. The molecule has 0 amide bonds. The van der Waals surface area contributed by atoms with Crippen LogP contribution in [0.3, 0.4) is 0 Å². The number of thioether (sulfide) groups is 2. The average Bonchev–Trinajstić information content (AvgIpc) is 3.37. The zero-order valence-corrected chi connectivity index (χ0v) is 18.4. The van der Waals surface area contributed by atoms with E-state index in [1.807, 2.05) is 0 Å². The van der Waals surface area contributed by atoms with E-state index in [2.05, 4.69) is 68.5 Å². The molecule has 2 heterocycles. The van der Waals surface area contributed by atoms with Gasteiger partial charge in [-0.15, -0.1) is 33.6 Å². The monoisotopic (exact) mass is 448 g/mol. The second-order valence-corrected chi connectivity index (χ2v) is 9.88. The van der Waals surface area contributed by atoms with Gasteiger partial charge in [-0.2, -0.15) is 0 Å². The second-order valence-electron chi connectivity index (χ2n) is 5.48. The molecule has 3 aromatic rings. The molecule has 0 saturated heterocycles. The van der Waals surface area contributed by atoms with Crippen molar-refractivity contribution in [1.29, 1.82) is 0 Å². The van der Waals surface area contributed by atoms with Crippen LogP contribution >= 0.6 is 46.2 Å². The van der Waals surface area contributed by atoms with E-state index in [1.54, 1.807) is 58.3 Å². The van der Waals surface area contributed by atoms with Crippen molar-refractivity contribution in [2.45, 2.75) is 20.2 Å². The summed E-state index contributed by atoms with van der Waals surface area (Å²) >= 11 is 6.52. The summed E-state index contributed by atoms with van der Waals surface area (Å²) in [5.41, 5.74) is 2.54. The van der Waals surface area contributed by atoms with Crippen LogP contribution in [-0.4, -0.2) is 33.5 Å². The lowest BCUT2D eigenvalue weighted by Gasteiger charge is -2.03. The fourth-order valence-electron chi connectivity index (χ4n) is 2.10. The molecule has 0 atom stereocenters. The van der Waals surface area contributed by atoms with Crippen molar-refractivity contribution in [2.75, 3.05) is 23.7 Å². The van der Waals surface area contributed by atoms with Crippen LogP contribution in [0.2, 0.25) is 0 Å². The molecule has 3 rings (SSSR count). The molecule has 6 nitrogen and oxygen atoms in total. The van der Waals surface area contributed by atoms with Crippen molar-refractivity contribution >= 4 is 56.5 Å². The number of rotatable bonds is 12. The normalized spacial score (nSPS) is 10.6. The molecule has 0 aliphatic carbocycles. The highest BCUT2D eigenvalue weighted by Gasteiger charge is 2.07. The maximum Gasteiger partial charge on any atom is 0.206 e. The van der Waals surface area contributed by atoms with Crippen molar-refractivity contribution in [2.24, 2.45) is 0 Å². The summed E-state index contributed by atoms with van der Waals surface area (Å²) in [4.78, 5) is 0. The zero-order valence-electron chi connectivity index (χ0n) is 15.1. The predicted molar refractivity (Wildman–Crippen MR) is 123 cm³/mol. The lowest BCUT2D eigenvalue weighted by Crippen LogP contribution is -1.96. The highest BCUT2D eigenvalue weighted by atomic mass is 32.2. The molecule has 2 aromatic heterocycles. The Morgan fingerprint density at radius 2 is 1.32 bits per heavy atom. The van der Waals surface area contributed by atoms with Gasteiger partial charge in [0.05, 0.1) is 0 Å². The number of nitrogens with zero attached hydrogens (tertiary/aromatic N) is 4. The minimum Gasteiger partial charge on any atom is -0.357 e. The number of hydrogen-bond acceptors (Lipinski definition) is 10. The minimum absolute atomic E-state index is 0.694. The number of aromatic nitrogens is 4. The Labute approximate surface area is 181 Å². The molecule has 0 unspecified atom stereocenters. The fourth-order valence-corrected chi connectivity index (χ4v) is 5.50. The van der Waals surface area contributed by atoms with E-state index >= 15 is 0 Å². The Balaban J connectivity index is 1.49. The second kappa shape index (κ2) is 11.2. The van der Waals surface area contributed by atoms with Crippen molar-refractivity contribution in [3.05, 3.63) is 60.7 Å². The van der Waals surface area contributed by atoms with Crippen LogP contribution in [-0.2, 0) is 11.5 Å². The smallest absolute Gasteiger partial charge is 0.206 e. The fraction of sp³-hybridized carbons (Fsp3) is 0.222. The van der Waals surface area contributed by atoms with Gasteiger partial charge < -0.3 is 10.6 Å². The van der Waals surface area contributed by atoms with E-state index in [-0.39, 0.29) is 0 Å². The van der Waals surface area contributed by atoms with Gasteiger partial charge in [-0.3, -0.25) is 0 Å². The standard InChI is InChI=1S/C18H20N6S4/c1-3-8-19-15-21-23-17(27-15)25-11-13-6-5-7-14(10-13)12-26-18-24-22-16(28-18)20-9-4-2/h3-7,10H,1-2,8-9,11-12H2,(H,19,21)(H,20,22). The van der Waals surface area contributed by atoms with Crippen LogP contribution < -0.4 is 10.6 Å². The summed E-state index contributed by atoms with van der Waals surface area (Å²) < 4.78 is 1.92. The highest BCUT2D eigenvalue weighted by molar-refractivity contribution is 8.00. The molecule has 10 heteroatoms. The van der Waals surface area contributed by atoms with E-state index in [1.165, 1.54) is 11.1 Å². The molecular formula is C18H20N6S4. The number of benzene rings is 1. The van der Waals surface area contributed by atoms with Gasteiger partial charge in [-0.25, -0.2) is 0 Å². The van der Waals surface area contributed by atoms with Crippen LogP contribution in [0.15, 0.2) is 58.3 Å². The van der Waals surface area contributed by atoms with E-state index in [0.29, 0.717) is 13.1 Å². The molecule has 0 fully saturated rings. The van der Waals surface area contributed by atoms with E-state index in [0.717, 1.165) is 30.4 Å². The highest BCUT2D eigenvalue weighted by Crippen LogP contribution is 2.30. The quantitative estimate of drug-likeness (QED) is 0.290. The topological polar surface area (TPSA) is 75.6 Å². The third kappa shape index (κ3) is 6.62. The first kappa shape index (κ1) is 20.8. The Morgan fingerprint density at radius 3 is 1.79 bits per heavy atom. The first-order chi connectivity index (χ1) is 13.8. The lowest BCUT2D eigenvalue weighted by atomic mass is 10.2. The van der Waals surface area contributed by atoms with Gasteiger partial charge in [0.15, 0.2) is 8.68 Å². The van der Waals surface area contributed by atoms with Crippen molar-refractivity contribution < 1.29 is 0 Å². The Morgan fingerprint density at radius 1 is 0.821 bits per heavy atom. The first-order valence-electron chi connectivity index (χ1n) is 8.47. The van der Waals surface area contributed by atoms with Gasteiger partial charge in [-0.05, 0) is 11.1 Å². The van der Waals surface area contributed by atoms with Gasteiger partial charge in [0.2, 0.25) is 10.3 Å². The van der Waals surface area contributed by atoms with Crippen LogP contribution in [0.1, 0.15) is 11.1 Å². The average molecular weight is 449 g/mol. The Kier molecular flexibility index (Phi) is 8.34. The lowest BCUT2D eigenvalue weighted by molar-refractivity contribution is 1.01. The molecule has 0 bridgehead atoms. The maximum atomic E-state index is 4.21. The predicted octanol–water partition coefficient (Wildman–Crippen LogP) is 5.17. The van der Waals surface area contributed by atoms with E-state index in [4.69, 9.17) is 0 Å². The summed E-state index contributed by atoms with van der Waals surface area (Å²) in [6.45, 7) is 8.76. The Bertz CT molecular complexity index is 837. The SMILES string of the molecule is C=CCNc1nnc(SCc2cccc(CSc3nnc(NCC=C)s3)c2)s1. The molecule has 28 heavy (non-hydrogen) atoms. The molecular weight excluding hydrogens is 429 g/mol. The number of hydrogen-bond donors (Lipinski definition) is 2. The summed E-state index contributed by atoms with van der Waals surface area (Å²) in [6.07, 6.45) is 3.61. The summed E-state index contributed by atoms with van der Waals surface area (Å²) in [6, 6.07) is 8.61. The summed E-state index contributed by atoms with van der Waals surface area (Å²) in [5.74, 6) is 1.73. The molecule has 2 N–H and O–H groups in total. The third-order valence-corrected chi connectivity index (χ3v) is 7.50. The van der Waals surface area contributed by atoms with Gasteiger partial charge >= 0.3 is 0 Å². The van der Waals surface area contributed by atoms with Crippen molar-refractivity contribution in [1.82, 2.24) is 20.4 Å². The largest absolute Gasteiger partial charge is 0.357 e. The molecule has 0 spiro atoms. The maximum absolute atomic E-state index is 4.21. The number of nitrogens with one attached hydrogen (secondary N) is 2. The molecule has 0 saturated carbocycles.